The second kappa shape index (κ2) is 5.35. The molecule has 3 rings (SSSR count). The number of benzene rings is 2. The Morgan fingerprint density at radius 3 is 2.29 bits per heavy atom. The SMILES string of the molecule is O=C(O)c1cc(-c2ccc(Cl)cc2)nc2cc(Cl)ccc12. The van der Waals surface area contributed by atoms with Gasteiger partial charge >= 0.3 is 5.97 Å². The number of fused-ring (bicyclic) bond motifs is 1. The molecular formula is C16H9Cl2NO2. The van der Waals surface area contributed by atoms with Gasteiger partial charge in [-0.05, 0) is 30.3 Å². The number of hydrogen-bond donors (Lipinski definition) is 1. The number of nitrogens with zero attached hydrogens (tertiary/aromatic N) is 1. The summed E-state index contributed by atoms with van der Waals surface area (Å²) in [5.74, 6) is -1.00. The minimum absolute atomic E-state index is 0.196. The highest BCUT2D eigenvalue weighted by Crippen LogP contribution is 2.27. The summed E-state index contributed by atoms with van der Waals surface area (Å²) in [6.45, 7) is 0. The molecule has 21 heavy (non-hydrogen) atoms. The monoisotopic (exact) mass is 317 g/mol. The third-order valence-electron chi connectivity index (χ3n) is 3.14. The first-order chi connectivity index (χ1) is 10.0. The molecule has 104 valence electrons. The fourth-order valence-electron chi connectivity index (χ4n) is 2.15. The van der Waals surface area contributed by atoms with Crippen molar-refractivity contribution in [2.45, 2.75) is 0 Å². The van der Waals surface area contributed by atoms with Crippen molar-refractivity contribution in [3.8, 4) is 11.3 Å². The summed E-state index contributed by atoms with van der Waals surface area (Å²) in [4.78, 5) is 15.9. The number of aromatic nitrogens is 1. The first kappa shape index (κ1) is 13.9. The van der Waals surface area contributed by atoms with Crippen molar-refractivity contribution < 1.29 is 9.90 Å². The normalized spacial score (nSPS) is 10.8. The molecular weight excluding hydrogens is 309 g/mol. The number of carboxylic acid groups (broad SMARTS) is 1. The molecule has 2 aromatic carbocycles. The lowest BCUT2D eigenvalue weighted by atomic mass is 10.0. The largest absolute Gasteiger partial charge is 0.478 e. The lowest BCUT2D eigenvalue weighted by molar-refractivity contribution is 0.0699. The van der Waals surface area contributed by atoms with Gasteiger partial charge in [0.2, 0.25) is 0 Å². The first-order valence-corrected chi connectivity index (χ1v) is 6.90. The van der Waals surface area contributed by atoms with Crippen LogP contribution in [0.15, 0.2) is 48.5 Å². The highest BCUT2D eigenvalue weighted by molar-refractivity contribution is 6.31. The zero-order valence-corrected chi connectivity index (χ0v) is 12.2. The Morgan fingerprint density at radius 2 is 1.62 bits per heavy atom. The van der Waals surface area contributed by atoms with Crippen molar-refractivity contribution >= 4 is 40.1 Å². The Balaban J connectivity index is 2.29. The molecule has 0 unspecified atom stereocenters. The number of rotatable bonds is 2. The number of carbonyl (C=O) groups is 1. The maximum absolute atomic E-state index is 11.5. The van der Waals surface area contributed by atoms with E-state index in [9.17, 15) is 9.90 Å². The molecule has 0 bridgehead atoms. The fourth-order valence-corrected chi connectivity index (χ4v) is 2.44. The maximum Gasteiger partial charge on any atom is 0.336 e. The predicted molar refractivity (Wildman–Crippen MR) is 84.2 cm³/mol. The molecule has 0 saturated heterocycles. The molecule has 3 nitrogen and oxygen atoms in total. The molecule has 5 heteroatoms. The molecule has 0 saturated carbocycles. The van der Waals surface area contributed by atoms with Gasteiger partial charge < -0.3 is 5.11 Å². The molecule has 0 atom stereocenters. The molecule has 3 aromatic rings. The van der Waals surface area contributed by atoms with Gasteiger partial charge in [0.15, 0.2) is 0 Å². The van der Waals surface area contributed by atoms with E-state index in [1.54, 1.807) is 48.5 Å². The van der Waals surface area contributed by atoms with Crippen molar-refractivity contribution in [1.82, 2.24) is 4.98 Å². The van der Waals surface area contributed by atoms with Gasteiger partial charge in [-0.2, -0.15) is 0 Å². The van der Waals surface area contributed by atoms with E-state index in [2.05, 4.69) is 4.98 Å². The third-order valence-corrected chi connectivity index (χ3v) is 3.63. The lowest BCUT2D eigenvalue weighted by Gasteiger charge is -2.07. The molecule has 0 fully saturated rings. The Labute approximate surface area is 130 Å². The molecule has 0 aliphatic carbocycles. The summed E-state index contributed by atoms with van der Waals surface area (Å²) in [5.41, 5.74) is 2.11. The molecule has 1 N–H and O–H groups in total. The average molecular weight is 318 g/mol. The maximum atomic E-state index is 11.5. The number of hydrogen-bond acceptors (Lipinski definition) is 2. The average Bonchev–Trinajstić information content (AvgIpc) is 2.46. The summed E-state index contributed by atoms with van der Waals surface area (Å²) in [7, 11) is 0. The standard InChI is InChI=1S/C16H9Cl2NO2/c17-10-3-1-9(2-4-10)14-8-13(16(20)21)12-6-5-11(18)7-15(12)19-14/h1-8H,(H,20,21). The van der Waals surface area contributed by atoms with Crippen LogP contribution in [0.5, 0.6) is 0 Å². The summed E-state index contributed by atoms with van der Waals surface area (Å²) >= 11 is 11.8. The summed E-state index contributed by atoms with van der Waals surface area (Å²) < 4.78 is 0. The van der Waals surface area contributed by atoms with Crippen LogP contribution in [0.3, 0.4) is 0 Å². The molecule has 0 amide bonds. The molecule has 0 aliphatic rings. The van der Waals surface area contributed by atoms with Crippen LogP contribution in [0.4, 0.5) is 0 Å². The fraction of sp³-hybridized carbons (Fsp3) is 0. The van der Waals surface area contributed by atoms with Crippen molar-refractivity contribution in [3.63, 3.8) is 0 Å². The highest BCUT2D eigenvalue weighted by atomic mass is 35.5. The van der Waals surface area contributed by atoms with Gasteiger partial charge in [-0.3, -0.25) is 0 Å². The van der Waals surface area contributed by atoms with Crippen LogP contribution in [0.25, 0.3) is 22.2 Å². The van der Waals surface area contributed by atoms with Gasteiger partial charge in [-0.1, -0.05) is 41.4 Å². The Kier molecular flexibility index (Phi) is 3.53. The quantitative estimate of drug-likeness (QED) is 0.730. The van der Waals surface area contributed by atoms with E-state index in [0.717, 1.165) is 5.56 Å². The van der Waals surface area contributed by atoms with Gasteiger partial charge in [0.05, 0.1) is 16.8 Å². The number of pyridine rings is 1. The first-order valence-electron chi connectivity index (χ1n) is 6.14. The van der Waals surface area contributed by atoms with Crippen molar-refractivity contribution in [1.29, 1.82) is 0 Å². The van der Waals surface area contributed by atoms with E-state index < -0.39 is 5.97 Å². The molecule has 0 spiro atoms. The third kappa shape index (κ3) is 2.71. The van der Waals surface area contributed by atoms with Gasteiger partial charge in [-0.25, -0.2) is 9.78 Å². The summed E-state index contributed by atoms with van der Waals surface area (Å²) in [6.07, 6.45) is 0. The van der Waals surface area contributed by atoms with Crippen LogP contribution in [0, 0.1) is 0 Å². The van der Waals surface area contributed by atoms with E-state index in [1.165, 1.54) is 0 Å². The lowest BCUT2D eigenvalue weighted by Crippen LogP contribution is -2.00. The van der Waals surface area contributed by atoms with Gasteiger partial charge in [0.25, 0.3) is 0 Å². The van der Waals surface area contributed by atoms with E-state index in [-0.39, 0.29) is 5.56 Å². The van der Waals surface area contributed by atoms with Gasteiger partial charge in [0, 0.05) is 21.0 Å². The van der Waals surface area contributed by atoms with Crippen molar-refractivity contribution in [3.05, 3.63) is 64.1 Å². The molecule has 0 aliphatic heterocycles. The molecule has 1 aromatic heterocycles. The zero-order chi connectivity index (χ0) is 15.0. The summed E-state index contributed by atoms with van der Waals surface area (Å²) in [6, 6.07) is 13.6. The van der Waals surface area contributed by atoms with Crippen molar-refractivity contribution in [2.75, 3.05) is 0 Å². The molecule has 1 heterocycles. The summed E-state index contributed by atoms with van der Waals surface area (Å²) in [5, 5.41) is 11.1. The van der Waals surface area contributed by atoms with Crippen LogP contribution < -0.4 is 0 Å². The molecule has 0 radical (unpaired) electrons. The zero-order valence-electron chi connectivity index (χ0n) is 10.7. The minimum atomic E-state index is -1.00. The van der Waals surface area contributed by atoms with Crippen LogP contribution in [-0.4, -0.2) is 16.1 Å². The van der Waals surface area contributed by atoms with Crippen LogP contribution >= 0.6 is 23.2 Å². The van der Waals surface area contributed by atoms with Gasteiger partial charge in [0.1, 0.15) is 0 Å². The second-order valence-electron chi connectivity index (χ2n) is 4.53. The Morgan fingerprint density at radius 1 is 0.952 bits per heavy atom. The van der Waals surface area contributed by atoms with Crippen LogP contribution in [0.2, 0.25) is 10.0 Å². The minimum Gasteiger partial charge on any atom is -0.478 e. The number of carboxylic acids is 1. The van der Waals surface area contributed by atoms with Gasteiger partial charge in [-0.15, -0.1) is 0 Å². The Hall–Kier alpha value is -2.10. The van der Waals surface area contributed by atoms with Crippen LogP contribution in [-0.2, 0) is 0 Å². The number of aromatic carboxylic acids is 1. The Bertz CT molecular complexity index is 845. The van der Waals surface area contributed by atoms with E-state index >= 15 is 0 Å². The number of halogens is 2. The highest BCUT2D eigenvalue weighted by Gasteiger charge is 2.13. The van der Waals surface area contributed by atoms with E-state index in [4.69, 9.17) is 23.2 Å². The predicted octanol–water partition coefficient (Wildman–Crippen LogP) is 4.91. The second-order valence-corrected chi connectivity index (χ2v) is 5.40. The van der Waals surface area contributed by atoms with E-state index in [1.807, 2.05) is 0 Å². The topological polar surface area (TPSA) is 50.2 Å². The smallest absolute Gasteiger partial charge is 0.336 e. The van der Waals surface area contributed by atoms with Crippen LogP contribution in [0.1, 0.15) is 10.4 Å². The van der Waals surface area contributed by atoms with E-state index in [0.29, 0.717) is 26.6 Å². The van der Waals surface area contributed by atoms with Crippen molar-refractivity contribution in [2.24, 2.45) is 0 Å².